The van der Waals surface area contributed by atoms with Gasteiger partial charge in [0.15, 0.2) is 5.82 Å². The highest BCUT2D eigenvalue weighted by molar-refractivity contribution is 7.71. The fourth-order valence-electron chi connectivity index (χ4n) is 1.42. The van der Waals surface area contributed by atoms with Gasteiger partial charge in [-0.1, -0.05) is 0 Å². The number of H-pyrrole nitrogens is 1. The largest absolute Gasteiger partial charge is 0.335 e. The number of aromatic nitrogens is 4. The van der Waals surface area contributed by atoms with Crippen molar-refractivity contribution in [2.24, 2.45) is 0 Å². The molecule has 0 aliphatic rings. The van der Waals surface area contributed by atoms with Gasteiger partial charge in [0.2, 0.25) is 4.77 Å². The van der Waals surface area contributed by atoms with Gasteiger partial charge < -0.3 is 5.84 Å². The molecule has 2 rings (SSSR count). The van der Waals surface area contributed by atoms with Crippen molar-refractivity contribution in [1.82, 2.24) is 19.9 Å². The van der Waals surface area contributed by atoms with Gasteiger partial charge in [-0.15, -0.1) is 0 Å². The molecule has 15 heavy (non-hydrogen) atoms. The second-order valence-corrected chi connectivity index (χ2v) is 3.69. The van der Waals surface area contributed by atoms with E-state index in [4.69, 9.17) is 18.1 Å². The number of nitrogens with zero attached hydrogens (tertiary/aromatic N) is 3. The van der Waals surface area contributed by atoms with E-state index in [1.54, 1.807) is 0 Å². The third kappa shape index (κ3) is 1.63. The molecular weight excluding hydrogens is 210 g/mol. The van der Waals surface area contributed by atoms with Crippen LogP contribution in [0.5, 0.6) is 0 Å². The number of aromatic amines is 1. The van der Waals surface area contributed by atoms with Crippen molar-refractivity contribution in [2.45, 2.75) is 13.8 Å². The summed E-state index contributed by atoms with van der Waals surface area (Å²) in [6.07, 6.45) is 0. The number of hydrogen-bond acceptors (Lipinski definition) is 4. The molecule has 3 N–H and O–H groups in total. The van der Waals surface area contributed by atoms with Crippen LogP contribution in [0.15, 0.2) is 12.1 Å². The number of hydrogen-bond donors (Lipinski definition) is 2. The van der Waals surface area contributed by atoms with E-state index in [9.17, 15) is 0 Å². The monoisotopic (exact) mass is 221 g/mol. The first kappa shape index (κ1) is 9.85. The lowest BCUT2D eigenvalue weighted by Gasteiger charge is -2.04. The summed E-state index contributed by atoms with van der Waals surface area (Å²) < 4.78 is 1.74. The van der Waals surface area contributed by atoms with Crippen molar-refractivity contribution in [2.75, 3.05) is 5.84 Å². The Hall–Kier alpha value is -1.69. The Labute approximate surface area is 91.9 Å². The second-order valence-electron chi connectivity index (χ2n) is 3.31. The first-order chi connectivity index (χ1) is 7.09. The number of nitrogens with one attached hydrogen (secondary N) is 1. The summed E-state index contributed by atoms with van der Waals surface area (Å²) in [5.41, 5.74) is 2.74. The molecule has 0 bridgehead atoms. The minimum absolute atomic E-state index is 0.393. The molecule has 78 valence electrons. The van der Waals surface area contributed by atoms with Gasteiger partial charge in [-0.3, -0.25) is 4.98 Å². The van der Waals surface area contributed by atoms with Crippen LogP contribution in [0.4, 0.5) is 0 Å². The summed E-state index contributed by atoms with van der Waals surface area (Å²) in [5, 5.41) is 6.70. The summed E-state index contributed by atoms with van der Waals surface area (Å²) in [6.45, 7) is 3.86. The van der Waals surface area contributed by atoms with Crippen LogP contribution in [0.25, 0.3) is 11.4 Å². The first-order valence-electron chi connectivity index (χ1n) is 4.46. The van der Waals surface area contributed by atoms with Crippen LogP contribution >= 0.6 is 12.2 Å². The predicted octanol–water partition coefficient (Wildman–Crippen LogP) is 1.33. The molecule has 2 heterocycles. The molecule has 0 aliphatic carbocycles. The topological polar surface area (TPSA) is 72.5 Å². The number of aryl methyl sites for hydroxylation is 2. The van der Waals surface area contributed by atoms with Crippen molar-refractivity contribution in [3.63, 3.8) is 0 Å². The molecule has 0 saturated heterocycles. The quantitative estimate of drug-likeness (QED) is 0.563. The highest BCUT2D eigenvalue weighted by Crippen LogP contribution is 2.18. The molecule has 2 aromatic rings. The molecule has 6 heteroatoms. The van der Waals surface area contributed by atoms with Crippen LogP contribution in [0.3, 0.4) is 0 Å². The van der Waals surface area contributed by atoms with Crippen LogP contribution in [0, 0.1) is 18.6 Å². The van der Waals surface area contributed by atoms with Gasteiger partial charge in [0.25, 0.3) is 0 Å². The van der Waals surface area contributed by atoms with E-state index < -0.39 is 0 Å². The van der Waals surface area contributed by atoms with E-state index in [1.165, 1.54) is 4.68 Å². The molecule has 2 aromatic heterocycles. The highest BCUT2D eigenvalue weighted by atomic mass is 32.1. The molecule has 0 amide bonds. The molecule has 0 spiro atoms. The predicted molar refractivity (Wildman–Crippen MR) is 60.3 cm³/mol. The Bertz CT molecular complexity index is 554. The number of nitrogens with two attached hydrogens (primary N) is 1. The van der Waals surface area contributed by atoms with Gasteiger partial charge in [0.1, 0.15) is 0 Å². The fraction of sp³-hybridized carbons (Fsp3) is 0.222. The first-order valence-corrected chi connectivity index (χ1v) is 4.87. The molecule has 0 aliphatic heterocycles. The molecule has 0 fully saturated rings. The Balaban J connectivity index is 2.64. The SMILES string of the molecule is Cc1ccc(-c2n[nH]c(=S)n2N)c(C)n1. The highest BCUT2D eigenvalue weighted by Gasteiger charge is 2.09. The van der Waals surface area contributed by atoms with E-state index in [-0.39, 0.29) is 0 Å². The average molecular weight is 221 g/mol. The Kier molecular flexibility index (Phi) is 2.28. The van der Waals surface area contributed by atoms with Gasteiger partial charge in [-0.05, 0) is 38.2 Å². The Morgan fingerprint density at radius 1 is 1.40 bits per heavy atom. The molecule has 0 atom stereocenters. The molecule has 0 radical (unpaired) electrons. The van der Waals surface area contributed by atoms with Crippen LogP contribution in [0.2, 0.25) is 0 Å². The molecule has 0 unspecified atom stereocenters. The Morgan fingerprint density at radius 2 is 2.13 bits per heavy atom. The minimum Gasteiger partial charge on any atom is -0.335 e. The summed E-state index contributed by atoms with van der Waals surface area (Å²) in [7, 11) is 0. The van der Waals surface area contributed by atoms with Gasteiger partial charge in [0, 0.05) is 17.0 Å². The fourth-order valence-corrected chi connectivity index (χ4v) is 1.55. The Morgan fingerprint density at radius 3 is 2.67 bits per heavy atom. The normalized spacial score (nSPS) is 10.5. The van der Waals surface area contributed by atoms with E-state index >= 15 is 0 Å². The van der Waals surface area contributed by atoms with E-state index in [2.05, 4.69) is 15.2 Å². The average Bonchev–Trinajstić information content (AvgIpc) is 2.49. The molecule has 0 saturated carbocycles. The van der Waals surface area contributed by atoms with Crippen LogP contribution in [0.1, 0.15) is 11.4 Å². The third-order valence-electron chi connectivity index (χ3n) is 2.17. The van der Waals surface area contributed by atoms with Crippen molar-refractivity contribution in [3.05, 3.63) is 28.3 Å². The summed E-state index contributed by atoms with van der Waals surface area (Å²) in [4.78, 5) is 4.34. The number of pyridine rings is 1. The smallest absolute Gasteiger partial charge is 0.214 e. The van der Waals surface area contributed by atoms with E-state index in [0.29, 0.717) is 10.6 Å². The summed E-state index contributed by atoms with van der Waals surface area (Å²) in [6, 6.07) is 3.85. The lowest BCUT2D eigenvalue weighted by Crippen LogP contribution is -2.10. The maximum atomic E-state index is 5.73. The van der Waals surface area contributed by atoms with E-state index in [1.807, 2.05) is 26.0 Å². The van der Waals surface area contributed by atoms with Gasteiger partial charge in [-0.2, -0.15) is 5.10 Å². The van der Waals surface area contributed by atoms with Crippen molar-refractivity contribution >= 4 is 12.2 Å². The lowest BCUT2D eigenvalue weighted by atomic mass is 10.2. The summed E-state index contributed by atoms with van der Waals surface area (Å²) in [5.74, 6) is 6.33. The standard InChI is InChI=1S/C9H11N5S/c1-5-3-4-7(6(2)11-5)8-12-13-9(15)14(8)10/h3-4H,10H2,1-2H3,(H,13,15). The van der Waals surface area contributed by atoms with Crippen LogP contribution in [-0.2, 0) is 0 Å². The van der Waals surface area contributed by atoms with Gasteiger partial charge >= 0.3 is 0 Å². The number of nitrogen functional groups attached to an aromatic ring is 1. The minimum atomic E-state index is 0.393. The number of rotatable bonds is 1. The zero-order chi connectivity index (χ0) is 11.0. The second kappa shape index (κ2) is 3.47. The molecule has 5 nitrogen and oxygen atoms in total. The summed E-state index contributed by atoms with van der Waals surface area (Å²) >= 11 is 4.94. The van der Waals surface area contributed by atoms with Gasteiger partial charge in [-0.25, -0.2) is 9.77 Å². The molecular formula is C9H11N5S. The van der Waals surface area contributed by atoms with Crippen molar-refractivity contribution in [1.29, 1.82) is 0 Å². The zero-order valence-electron chi connectivity index (χ0n) is 8.48. The zero-order valence-corrected chi connectivity index (χ0v) is 9.30. The molecule has 0 aromatic carbocycles. The van der Waals surface area contributed by atoms with Crippen molar-refractivity contribution in [3.8, 4) is 11.4 Å². The van der Waals surface area contributed by atoms with Gasteiger partial charge in [0.05, 0.1) is 0 Å². The maximum absolute atomic E-state index is 5.73. The van der Waals surface area contributed by atoms with Crippen LogP contribution < -0.4 is 5.84 Å². The van der Waals surface area contributed by atoms with Crippen LogP contribution in [-0.4, -0.2) is 19.9 Å². The van der Waals surface area contributed by atoms with Crippen molar-refractivity contribution < 1.29 is 0 Å². The maximum Gasteiger partial charge on any atom is 0.214 e. The van der Waals surface area contributed by atoms with E-state index in [0.717, 1.165) is 17.0 Å². The third-order valence-corrected chi connectivity index (χ3v) is 2.46. The lowest BCUT2D eigenvalue weighted by molar-refractivity contribution is 0.978.